The van der Waals surface area contributed by atoms with Gasteiger partial charge in [-0.25, -0.2) is 0 Å². The molecule has 82 valence electrons. The van der Waals surface area contributed by atoms with Gasteiger partial charge in [0, 0.05) is 6.20 Å². The van der Waals surface area contributed by atoms with Gasteiger partial charge in [0.15, 0.2) is 0 Å². The summed E-state index contributed by atoms with van der Waals surface area (Å²) in [6, 6.07) is 9.72. The Morgan fingerprint density at radius 3 is 2.75 bits per heavy atom. The van der Waals surface area contributed by atoms with Gasteiger partial charge in [0.05, 0.1) is 13.0 Å². The summed E-state index contributed by atoms with van der Waals surface area (Å²) in [4.78, 5) is 11.7. The highest BCUT2D eigenvalue weighted by molar-refractivity contribution is 5.78. The quantitative estimate of drug-likeness (QED) is 0.829. The Balaban J connectivity index is 1.85. The fraction of sp³-hybridized carbons (Fsp3) is 0.154. The second-order valence-electron chi connectivity index (χ2n) is 3.62. The minimum Gasteiger partial charge on any atom is -0.289 e. The number of nitrogens with one attached hydrogen (secondary N) is 1. The summed E-state index contributed by atoms with van der Waals surface area (Å²) in [5.74, 6) is 0.00569. The van der Waals surface area contributed by atoms with Crippen molar-refractivity contribution in [3.05, 3.63) is 60.3 Å². The van der Waals surface area contributed by atoms with Gasteiger partial charge in [-0.15, -0.1) is 0 Å². The average Bonchev–Trinajstić information content (AvgIpc) is 2.31. The van der Waals surface area contributed by atoms with Gasteiger partial charge in [-0.1, -0.05) is 42.5 Å². The lowest BCUT2D eigenvalue weighted by molar-refractivity contribution is -0.124. The highest BCUT2D eigenvalue weighted by Crippen LogP contribution is 2.00. The molecule has 1 aromatic rings. The third-order valence-corrected chi connectivity index (χ3v) is 2.29. The van der Waals surface area contributed by atoms with Crippen molar-refractivity contribution < 1.29 is 4.79 Å². The summed E-state index contributed by atoms with van der Waals surface area (Å²) >= 11 is 0. The molecule has 1 amide bonds. The Labute approximate surface area is 95.0 Å². The van der Waals surface area contributed by atoms with E-state index in [0.717, 1.165) is 12.1 Å². The van der Waals surface area contributed by atoms with Crippen LogP contribution in [-0.2, 0) is 11.2 Å². The number of rotatable bonds is 3. The van der Waals surface area contributed by atoms with E-state index in [9.17, 15) is 4.79 Å². The van der Waals surface area contributed by atoms with Gasteiger partial charge in [0.1, 0.15) is 0 Å². The van der Waals surface area contributed by atoms with Gasteiger partial charge in [-0.05, 0) is 11.6 Å². The van der Waals surface area contributed by atoms with E-state index >= 15 is 0 Å². The van der Waals surface area contributed by atoms with E-state index in [4.69, 9.17) is 0 Å². The van der Waals surface area contributed by atoms with Crippen LogP contribution < -0.4 is 5.43 Å². The maximum atomic E-state index is 11.7. The Bertz CT molecular complexity index is 409. The summed E-state index contributed by atoms with van der Waals surface area (Å²) < 4.78 is 0. The average molecular weight is 214 g/mol. The number of carbonyl (C=O) groups is 1. The number of hydrazine groups is 1. The lowest BCUT2D eigenvalue weighted by Crippen LogP contribution is -2.40. The van der Waals surface area contributed by atoms with E-state index in [0.29, 0.717) is 6.42 Å². The lowest BCUT2D eigenvalue weighted by Gasteiger charge is -2.21. The Morgan fingerprint density at radius 1 is 1.25 bits per heavy atom. The number of amides is 1. The molecule has 0 fully saturated rings. The molecular formula is C13H14N2O. The van der Waals surface area contributed by atoms with E-state index in [2.05, 4.69) is 5.43 Å². The zero-order valence-corrected chi connectivity index (χ0v) is 8.97. The highest BCUT2D eigenvalue weighted by Gasteiger charge is 2.06. The van der Waals surface area contributed by atoms with E-state index in [1.54, 1.807) is 5.01 Å². The molecule has 0 bridgehead atoms. The molecule has 1 aromatic carbocycles. The fourth-order valence-electron chi connectivity index (χ4n) is 1.53. The van der Waals surface area contributed by atoms with Crippen LogP contribution in [0, 0.1) is 0 Å². The monoisotopic (exact) mass is 214 g/mol. The largest absolute Gasteiger partial charge is 0.289 e. The predicted octanol–water partition coefficient (Wildman–Crippen LogP) is 1.65. The summed E-state index contributed by atoms with van der Waals surface area (Å²) in [5, 5.41) is 1.77. The molecule has 1 heterocycles. The van der Waals surface area contributed by atoms with Crippen molar-refractivity contribution in [2.75, 3.05) is 6.54 Å². The van der Waals surface area contributed by atoms with Crippen molar-refractivity contribution >= 4 is 5.91 Å². The third-order valence-electron chi connectivity index (χ3n) is 2.29. The molecule has 0 radical (unpaired) electrons. The van der Waals surface area contributed by atoms with Crippen molar-refractivity contribution in [3.8, 4) is 0 Å². The molecule has 1 aliphatic rings. The van der Waals surface area contributed by atoms with Crippen LogP contribution in [0.4, 0.5) is 0 Å². The molecule has 1 N–H and O–H groups in total. The molecule has 0 aromatic heterocycles. The number of nitrogens with zero attached hydrogens (tertiary/aromatic N) is 1. The molecule has 0 atom stereocenters. The molecule has 3 nitrogen and oxygen atoms in total. The van der Waals surface area contributed by atoms with Gasteiger partial charge in [-0.3, -0.25) is 15.2 Å². The van der Waals surface area contributed by atoms with Crippen LogP contribution in [0.1, 0.15) is 5.56 Å². The molecule has 3 heteroatoms. The highest BCUT2D eigenvalue weighted by atomic mass is 16.2. The smallest absolute Gasteiger partial charge is 0.242 e. The lowest BCUT2D eigenvalue weighted by atomic mass is 10.1. The molecule has 0 saturated carbocycles. The van der Waals surface area contributed by atoms with Crippen molar-refractivity contribution in [2.24, 2.45) is 0 Å². The minimum absolute atomic E-state index is 0.00569. The molecule has 0 spiro atoms. The normalized spacial score (nSPS) is 13.9. The first-order chi connectivity index (χ1) is 7.84. The van der Waals surface area contributed by atoms with Crippen molar-refractivity contribution in [1.82, 2.24) is 10.4 Å². The Hall–Kier alpha value is -2.03. The minimum atomic E-state index is 0.00569. The van der Waals surface area contributed by atoms with E-state index in [-0.39, 0.29) is 5.91 Å². The van der Waals surface area contributed by atoms with Crippen LogP contribution in [0.2, 0.25) is 0 Å². The first-order valence-corrected chi connectivity index (χ1v) is 5.28. The maximum absolute atomic E-state index is 11.7. The molecule has 0 aliphatic carbocycles. The standard InChI is InChI=1S/C13H14N2O/c16-13(11-12-7-3-1-4-8-12)14-15-9-5-2-6-10-15/h1-9H,10-11H2,(H,14,16). The molecule has 2 rings (SSSR count). The number of allylic oxidation sites excluding steroid dienone is 2. The van der Waals surface area contributed by atoms with Crippen LogP contribution in [0.25, 0.3) is 0 Å². The summed E-state index contributed by atoms with van der Waals surface area (Å²) in [6.07, 6.45) is 8.10. The summed E-state index contributed by atoms with van der Waals surface area (Å²) in [5.41, 5.74) is 3.85. The van der Waals surface area contributed by atoms with Crippen LogP contribution >= 0.6 is 0 Å². The van der Waals surface area contributed by atoms with Gasteiger partial charge < -0.3 is 0 Å². The SMILES string of the molecule is O=C(Cc1ccccc1)NN1C=CC=CC1. The van der Waals surface area contributed by atoms with Crippen molar-refractivity contribution in [3.63, 3.8) is 0 Å². The molecule has 1 aliphatic heterocycles. The van der Waals surface area contributed by atoms with Crippen LogP contribution in [0.15, 0.2) is 54.8 Å². The van der Waals surface area contributed by atoms with Crippen molar-refractivity contribution in [1.29, 1.82) is 0 Å². The third kappa shape index (κ3) is 2.98. The molecule has 0 unspecified atom stereocenters. The first-order valence-electron chi connectivity index (χ1n) is 5.28. The number of benzene rings is 1. The number of carbonyl (C=O) groups excluding carboxylic acids is 1. The van der Waals surface area contributed by atoms with Crippen LogP contribution in [-0.4, -0.2) is 17.5 Å². The Kier molecular flexibility index (Phi) is 3.38. The second-order valence-corrected chi connectivity index (χ2v) is 3.62. The van der Waals surface area contributed by atoms with E-state index in [1.807, 2.05) is 54.8 Å². The van der Waals surface area contributed by atoms with Gasteiger partial charge in [0.2, 0.25) is 5.91 Å². The Morgan fingerprint density at radius 2 is 2.06 bits per heavy atom. The van der Waals surface area contributed by atoms with Crippen LogP contribution in [0.5, 0.6) is 0 Å². The van der Waals surface area contributed by atoms with E-state index < -0.39 is 0 Å². The van der Waals surface area contributed by atoms with Gasteiger partial charge >= 0.3 is 0 Å². The number of hydrogen-bond donors (Lipinski definition) is 1. The second kappa shape index (κ2) is 5.16. The first kappa shape index (κ1) is 10.5. The topological polar surface area (TPSA) is 32.3 Å². The molecular weight excluding hydrogens is 200 g/mol. The summed E-state index contributed by atoms with van der Waals surface area (Å²) in [6.45, 7) is 0.719. The van der Waals surface area contributed by atoms with Crippen LogP contribution in [0.3, 0.4) is 0 Å². The fourth-order valence-corrected chi connectivity index (χ4v) is 1.53. The molecule has 16 heavy (non-hydrogen) atoms. The number of hydrogen-bond acceptors (Lipinski definition) is 2. The predicted molar refractivity (Wildman–Crippen MR) is 63.3 cm³/mol. The zero-order valence-electron chi connectivity index (χ0n) is 8.97. The maximum Gasteiger partial charge on any atom is 0.242 e. The van der Waals surface area contributed by atoms with E-state index in [1.165, 1.54) is 0 Å². The zero-order chi connectivity index (χ0) is 11.2. The summed E-state index contributed by atoms with van der Waals surface area (Å²) in [7, 11) is 0. The van der Waals surface area contributed by atoms with Gasteiger partial charge in [-0.2, -0.15) is 0 Å². The van der Waals surface area contributed by atoms with Gasteiger partial charge in [0.25, 0.3) is 0 Å². The van der Waals surface area contributed by atoms with Crippen molar-refractivity contribution in [2.45, 2.75) is 6.42 Å². The molecule has 0 saturated heterocycles.